The zero-order valence-corrected chi connectivity index (χ0v) is 14.2. The summed E-state index contributed by atoms with van der Waals surface area (Å²) < 4.78 is 2.15. The molecule has 0 saturated carbocycles. The fourth-order valence-corrected chi connectivity index (χ4v) is 3.06. The molecule has 4 rings (SSSR count). The molecule has 0 radical (unpaired) electrons. The first-order valence-corrected chi connectivity index (χ1v) is 8.58. The Morgan fingerprint density at radius 2 is 1.80 bits per heavy atom. The number of hydrogen-bond acceptors (Lipinski definition) is 3. The van der Waals surface area contributed by atoms with Crippen LogP contribution in [-0.4, -0.2) is 22.9 Å². The number of para-hydroxylation sites is 1. The fourth-order valence-electron chi connectivity index (χ4n) is 3.06. The summed E-state index contributed by atoms with van der Waals surface area (Å²) in [6.45, 7) is 3.46. The van der Waals surface area contributed by atoms with Gasteiger partial charge in [-0.3, -0.25) is 0 Å². The molecular formula is C21H21N3O. The van der Waals surface area contributed by atoms with Crippen molar-refractivity contribution >= 4 is 5.71 Å². The molecule has 1 atom stereocenters. The summed E-state index contributed by atoms with van der Waals surface area (Å²) in [7, 11) is 0. The molecule has 1 unspecified atom stereocenters. The van der Waals surface area contributed by atoms with E-state index in [4.69, 9.17) is 4.84 Å². The van der Waals surface area contributed by atoms with Gasteiger partial charge in [0.25, 0.3) is 0 Å². The van der Waals surface area contributed by atoms with E-state index in [9.17, 15) is 0 Å². The summed E-state index contributed by atoms with van der Waals surface area (Å²) in [5.74, 6) is 0. The highest BCUT2D eigenvalue weighted by molar-refractivity contribution is 6.17. The fraction of sp³-hybridized carbons (Fsp3) is 0.190. The van der Waals surface area contributed by atoms with Gasteiger partial charge in [-0.25, -0.2) is 0 Å². The first-order chi connectivity index (χ1) is 12.3. The third kappa shape index (κ3) is 3.21. The summed E-state index contributed by atoms with van der Waals surface area (Å²) in [6.07, 6.45) is 2.06. The second-order valence-electron chi connectivity index (χ2n) is 6.28. The molecule has 1 aliphatic heterocycles. The van der Waals surface area contributed by atoms with Gasteiger partial charge >= 0.3 is 0 Å². The maximum Gasteiger partial charge on any atom is 0.136 e. The number of aromatic nitrogens is 1. The summed E-state index contributed by atoms with van der Waals surface area (Å²) >= 11 is 0. The largest absolute Gasteiger partial charge is 0.394 e. The number of hydrogen-bond donors (Lipinski definition) is 1. The van der Waals surface area contributed by atoms with Gasteiger partial charge in [0.15, 0.2) is 0 Å². The minimum atomic E-state index is 0.216. The number of oxime groups is 1. The predicted molar refractivity (Wildman–Crippen MR) is 100 cm³/mol. The Morgan fingerprint density at radius 1 is 1.00 bits per heavy atom. The van der Waals surface area contributed by atoms with E-state index in [1.54, 1.807) is 0 Å². The highest BCUT2D eigenvalue weighted by Crippen LogP contribution is 2.28. The molecule has 2 heterocycles. The molecule has 4 heteroatoms. The van der Waals surface area contributed by atoms with E-state index in [-0.39, 0.29) is 6.04 Å². The molecule has 0 saturated heterocycles. The molecule has 0 bridgehead atoms. The van der Waals surface area contributed by atoms with Crippen molar-refractivity contribution in [3.63, 3.8) is 0 Å². The Hall–Kier alpha value is -2.85. The molecule has 1 aliphatic rings. The molecule has 3 aromatic rings. The topological polar surface area (TPSA) is 38.5 Å². The van der Waals surface area contributed by atoms with Crippen LogP contribution in [0.1, 0.15) is 23.7 Å². The van der Waals surface area contributed by atoms with Crippen LogP contribution in [0, 0.1) is 0 Å². The first kappa shape index (κ1) is 15.7. The number of fused-ring (bicyclic) bond motifs is 3. The van der Waals surface area contributed by atoms with Crippen molar-refractivity contribution in [2.24, 2.45) is 5.16 Å². The zero-order chi connectivity index (χ0) is 17.1. The summed E-state index contributed by atoms with van der Waals surface area (Å²) in [5.41, 5.74) is 5.51. The van der Waals surface area contributed by atoms with Crippen molar-refractivity contribution in [2.45, 2.75) is 19.5 Å². The Morgan fingerprint density at radius 3 is 2.68 bits per heavy atom. The number of rotatable bonds is 6. The third-order valence-electron chi connectivity index (χ3n) is 4.39. The van der Waals surface area contributed by atoms with Crippen molar-refractivity contribution in [3.8, 4) is 5.69 Å². The lowest BCUT2D eigenvalue weighted by molar-refractivity contribution is 0.124. The van der Waals surface area contributed by atoms with Gasteiger partial charge in [-0.05, 0) is 30.7 Å². The minimum Gasteiger partial charge on any atom is -0.394 e. The van der Waals surface area contributed by atoms with Crippen LogP contribution >= 0.6 is 0 Å². The molecule has 0 aliphatic carbocycles. The second kappa shape index (κ2) is 6.95. The van der Waals surface area contributed by atoms with Crippen LogP contribution < -0.4 is 5.32 Å². The average Bonchev–Trinajstić information content (AvgIpc) is 3.23. The zero-order valence-electron chi connectivity index (χ0n) is 14.2. The maximum atomic E-state index is 5.66. The predicted octanol–water partition coefficient (Wildman–Crippen LogP) is 3.74. The van der Waals surface area contributed by atoms with Crippen molar-refractivity contribution < 1.29 is 4.84 Å². The van der Waals surface area contributed by atoms with Gasteiger partial charge in [0.1, 0.15) is 12.3 Å². The van der Waals surface area contributed by atoms with Gasteiger partial charge in [0.05, 0.1) is 11.4 Å². The van der Waals surface area contributed by atoms with Gasteiger partial charge in [-0.1, -0.05) is 53.7 Å². The number of nitrogens with one attached hydrogen (secondary N) is 1. The molecule has 4 nitrogen and oxygen atoms in total. The molecule has 0 spiro atoms. The van der Waals surface area contributed by atoms with Crippen LogP contribution in [0.4, 0.5) is 0 Å². The van der Waals surface area contributed by atoms with Crippen molar-refractivity contribution in [1.29, 1.82) is 0 Å². The van der Waals surface area contributed by atoms with Crippen LogP contribution in [0.2, 0.25) is 0 Å². The quantitative estimate of drug-likeness (QED) is 0.547. The van der Waals surface area contributed by atoms with Gasteiger partial charge in [-0.2, -0.15) is 0 Å². The lowest BCUT2D eigenvalue weighted by Gasteiger charge is -2.12. The minimum absolute atomic E-state index is 0.216. The van der Waals surface area contributed by atoms with Crippen LogP contribution in [0.5, 0.6) is 0 Å². The summed E-state index contributed by atoms with van der Waals surface area (Å²) in [4.78, 5) is 5.66. The van der Waals surface area contributed by atoms with Crippen molar-refractivity contribution in [2.75, 3.05) is 6.61 Å². The van der Waals surface area contributed by atoms with Crippen molar-refractivity contribution in [3.05, 3.63) is 89.7 Å². The van der Waals surface area contributed by atoms with Crippen LogP contribution in [0.15, 0.2) is 78.1 Å². The molecule has 25 heavy (non-hydrogen) atoms. The van der Waals surface area contributed by atoms with E-state index < -0.39 is 0 Å². The monoisotopic (exact) mass is 331 g/mol. The molecule has 126 valence electrons. The van der Waals surface area contributed by atoms with E-state index in [0.29, 0.717) is 6.61 Å². The van der Waals surface area contributed by atoms with Gasteiger partial charge in [0.2, 0.25) is 0 Å². The van der Waals surface area contributed by atoms with Crippen LogP contribution in [0.25, 0.3) is 5.69 Å². The Bertz CT molecular complexity index is 883. The third-order valence-corrected chi connectivity index (χ3v) is 4.39. The first-order valence-electron chi connectivity index (χ1n) is 8.58. The molecule has 0 amide bonds. The Balaban J connectivity index is 1.39. The van der Waals surface area contributed by atoms with E-state index in [0.717, 1.165) is 29.2 Å². The van der Waals surface area contributed by atoms with Gasteiger partial charge < -0.3 is 14.7 Å². The molecule has 2 aromatic carbocycles. The smallest absolute Gasteiger partial charge is 0.136 e. The number of nitrogens with zero attached hydrogens (tertiary/aromatic N) is 2. The average molecular weight is 331 g/mol. The Kier molecular flexibility index (Phi) is 4.36. The molecular weight excluding hydrogens is 310 g/mol. The second-order valence-corrected chi connectivity index (χ2v) is 6.28. The maximum absolute atomic E-state index is 5.66. The lowest BCUT2D eigenvalue weighted by atomic mass is 10.1. The lowest BCUT2D eigenvalue weighted by Crippen LogP contribution is -2.29. The highest BCUT2D eigenvalue weighted by Gasteiger charge is 2.24. The summed E-state index contributed by atoms with van der Waals surface area (Å²) in [6, 6.07) is 22.9. The molecule has 1 aromatic heterocycles. The molecule has 1 N–H and O–H groups in total. The molecule has 0 fully saturated rings. The van der Waals surface area contributed by atoms with Gasteiger partial charge in [0, 0.05) is 24.3 Å². The standard InChI is InChI=1S/C21H21N3O/c1-16(22-14-17-8-3-2-4-9-17)15-25-23-21-18-10-5-6-11-19(18)24-13-7-12-20(21)24/h2-13,16,22H,14-15H2,1H3/b23-21-. The SMILES string of the molecule is CC(CO/N=C1/c2ccccc2-n2cccc21)NCc1ccccc1. The highest BCUT2D eigenvalue weighted by atomic mass is 16.6. The number of benzene rings is 2. The summed E-state index contributed by atoms with van der Waals surface area (Å²) in [5, 5.41) is 7.89. The van der Waals surface area contributed by atoms with E-state index in [1.165, 1.54) is 5.56 Å². The van der Waals surface area contributed by atoms with E-state index in [1.807, 2.05) is 24.3 Å². The van der Waals surface area contributed by atoms with Gasteiger partial charge in [-0.15, -0.1) is 0 Å². The van der Waals surface area contributed by atoms with Crippen LogP contribution in [-0.2, 0) is 11.4 Å². The van der Waals surface area contributed by atoms with E-state index >= 15 is 0 Å². The Labute approximate surface area is 147 Å². The van der Waals surface area contributed by atoms with Crippen molar-refractivity contribution in [1.82, 2.24) is 9.88 Å². The van der Waals surface area contributed by atoms with Crippen LogP contribution in [0.3, 0.4) is 0 Å². The normalized spacial score (nSPS) is 15.0. The van der Waals surface area contributed by atoms with E-state index in [2.05, 4.69) is 70.6 Å².